The number of pyridine rings is 1. The van der Waals surface area contributed by atoms with Gasteiger partial charge in [0, 0.05) is 19.2 Å². The maximum Gasteiger partial charge on any atom is 0.337 e. The number of carboxylic acids is 1. The van der Waals surface area contributed by atoms with Crippen molar-refractivity contribution >= 4 is 46.7 Å². The van der Waals surface area contributed by atoms with Gasteiger partial charge in [0.15, 0.2) is 0 Å². The number of aromatic carboxylic acids is 1. The number of aromatic nitrogens is 1. The summed E-state index contributed by atoms with van der Waals surface area (Å²) >= 11 is 17.4. The number of amides is 1. The lowest BCUT2D eigenvalue weighted by Crippen LogP contribution is -2.22. The van der Waals surface area contributed by atoms with E-state index in [2.05, 4.69) is 0 Å². The molecule has 2 aromatic rings. The highest BCUT2D eigenvalue weighted by molar-refractivity contribution is 6.42. The maximum absolute atomic E-state index is 11.9. The van der Waals surface area contributed by atoms with E-state index in [1.54, 1.807) is 18.2 Å². The maximum atomic E-state index is 11.9. The lowest BCUT2D eigenvalue weighted by Gasteiger charge is -2.08. The van der Waals surface area contributed by atoms with Gasteiger partial charge >= 0.3 is 5.97 Å². The number of hydrogen-bond donors (Lipinski definition) is 2. The Morgan fingerprint density at radius 1 is 1.11 bits per heavy atom. The number of hydrogen-bond acceptors (Lipinski definition) is 4. The van der Waals surface area contributed by atoms with Crippen LogP contribution in [0.1, 0.15) is 22.3 Å². The van der Waals surface area contributed by atoms with Crippen LogP contribution in [0.3, 0.4) is 0 Å². The van der Waals surface area contributed by atoms with Crippen molar-refractivity contribution in [1.29, 1.82) is 0 Å². The normalized spacial score (nSPS) is 10.4. The summed E-state index contributed by atoms with van der Waals surface area (Å²) in [7, 11) is 3.81. The molecule has 0 saturated carbocycles. The summed E-state index contributed by atoms with van der Waals surface area (Å²) in [4.78, 5) is 34.9. The van der Waals surface area contributed by atoms with Gasteiger partial charge in [-0.2, -0.15) is 0 Å². The van der Waals surface area contributed by atoms with Crippen LogP contribution in [-0.2, 0) is 11.3 Å². The lowest BCUT2D eigenvalue weighted by atomic mass is 10.2. The molecule has 3 N–H and O–H groups in total. The minimum Gasteiger partial charge on any atom is -0.478 e. The Balaban J connectivity index is 0.000000416. The van der Waals surface area contributed by atoms with E-state index in [-0.39, 0.29) is 23.0 Å². The van der Waals surface area contributed by atoms with Gasteiger partial charge in [-0.05, 0) is 37.9 Å². The smallest absolute Gasteiger partial charge is 0.337 e. The number of halogens is 3. The van der Waals surface area contributed by atoms with Crippen LogP contribution in [0.25, 0.3) is 0 Å². The van der Waals surface area contributed by atoms with E-state index in [0.29, 0.717) is 22.0 Å². The fourth-order valence-corrected chi connectivity index (χ4v) is 2.55. The predicted molar refractivity (Wildman–Crippen MR) is 111 cm³/mol. The zero-order valence-corrected chi connectivity index (χ0v) is 17.6. The average molecular weight is 449 g/mol. The second kappa shape index (κ2) is 11.1. The number of carboxylic acid groups (broad SMARTS) is 1. The van der Waals surface area contributed by atoms with E-state index in [0.717, 1.165) is 12.6 Å². The molecule has 28 heavy (non-hydrogen) atoms. The first-order valence-corrected chi connectivity index (χ1v) is 9.15. The topological polar surface area (TPSA) is 106 Å². The van der Waals surface area contributed by atoms with E-state index < -0.39 is 11.5 Å². The second-order valence-electron chi connectivity index (χ2n) is 6.08. The molecule has 1 amide bonds. The SMILES string of the molecule is CN(C)CCC(N)=O.O=C(O)c1cc(Cl)c(=O)n(Cc2ccc(Cl)c(Cl)c2)c1. The van der Waals surface area contributed by atoms with Crippen LogP contribution in [0.4, 0.5) is 0 Å². The van der Waals surface area contributed by atoms with E-state index in [4.69, 9.17) is 45.6 Å². The van der Waals surface area contributed by atoms with Crippen molar-refractivity contribution in [2.24, 2.45) is 5.73 Å². The average Bonchev–Trinajstić information content (AvgIpc) is 2.60. The number of nitrogens with zero attached hydrogens (tertiary/aromatic N) is 2. The molecule has 2 rings (SSSR count). The van der Waals surface area contributed by atoms with Crippen molar-refractivity contribution in [2.45, 2.75) is 13.0 Å². The van der Waals surface area contributed by atoms with Gasteiger partial charge in [-0.15, -0.1) is 0 Å². The van der Waals surface area contributed by atoms with Crippen LogP contribution in [0.5, 0.6) is 0 Å². The Labute approximate surface area is 177 Å². The largest absolute Gasteiger partial charge is 0.478 e. The number of rotatable bonds is 6. The molecule has 0 spiro atoms. The highest BCUT2D eigenvalue weighted by Crippen LogP contribution is 2.23. The molecule has 0 aliphatic rings. The molecular formula is C18H20Cl3N3O4. The highest BCUT2D eigenvalue weighted by atomic mass is 35.5. The summed E-state index contributed by atoms with van der Waals surface area (Å²) < 4.78 is 1.21. The van der Waals surface area contributed by atoms with Gasteiger partial charge in [0.1, 0.15) is 5.02 Å². The Morgan fingerprint density at radius 2 is 1.75 bits per heavy atom. The first-order chi connectivity index (χ1) is 13.0. The van der Waals surface area contributed by atoms with Crippen LogP contribution >= 0.6 is 34.8 Å². The molecule has 0 fully saturated rings. The number of carbonyl (C=O) groups excluding carboxylic acids is 1. The molecule has 1 heterocycles. The fraction of sp³-hybridized carbons (Fsp3) is 0.278. The van der Waals surface area contributed by atoms with Crippen molar-refractivity contribution in [2.75, 3.05) is 20.6 Å². The number of primary amides is 1. The minimum absolute atomic E-state index is 0.0605. The third-order valence-corrected chi connectivity index (χ3v) is 4.44. The van der Waals surface area contributed by atoms with E-state index in [1.807, 2.05) is 19.0 Å². The number of carbonyl (C=O) groups is 2. The monoisotopic (exact) mass is 447 g/mol. The van der Waals surface area contributed by atoms with Gasteiger partial charge in [-0.1, -0.05) is 40.9 Å². The van der Waals surface area contributed by atoms with Crippen LogP contribution in [0.2, 0.25) is 15.1 Å². The number of nitrogens with two attached hydrogens (primary N) is 1. The van der Waals surface area contributed by atoms with Crippen LogP contribution < -0.4 is 11.3 Å². The first kappa shape index (κ1) is 24.0. The van der Waals surface area contributed by atoms with Gasteiger partial charge < -0.3 is 20.3 Å². The molecule has 0 atom stereocenters. The molecule has 1 aromatic heterocycles. The summed E-state index contributed by atoms with van der Waals surface area (Å²) in [6, 6.07) is 6.03. The zero-order chi connectivity index (χ0) is 21.4. The first-order valence-electron chi connectivity index (χ1n) is 8.01. The second-order valence-corrected chi connectivity index (χ2v) is 7.30. The Morgan fingerprint density at radius 3 is 2.21 bits per heavy atom. The molecule has 0 aliphatic carbocycles. The van der Waals surface area contributed by atoms with E-state index in [9.17, 15) is 14.4 Å². The van der Waals surface area contributed by atoms with Crippen molar-refractivity contribution in [3.8, 4) is 0 Å². The Kier molecular flexibility index (Phi) is 9.48. The molecule has 0 saturated heterocycles. The Hall–Kier alpha value is -2.06. The van der Waals surface area contributed by atoms with Crippen molar-refractivity contribution in [1.82, 2.24) is 9.47 Å². The van der Waals surface area contributed by atoms with Gasteiger partial charge in [0.25, 0.3) is 5.56 Å². The van der Waals surface area contributed by atoms with Gasteiger partial charge in [-0.3, -0.25) is 9.59 Å². The molecule has 10 heteroatoms. The van der Waals surface area contributed by atoms with Crippen molar-refractivity contribution in [3.05, 3.63) is 67.0 Å². The molecular weight excluding hydrogens is 429 g/mol. The summed E-state index contributed by atoms with van der Waals surface area (Å²) in [6.07, 6.45) is 1.69. The van der Waals surface area contributed by atoms with E-state index in [1.165, 1.54) is 10.8 Å². The third kappa shape index (κ3) is 7.90. The number of benzene rings is 1. The summed E-state index contributed by atoms with van der Waals surface area (Å²) in [5, 5.41) is 9.57. The van der Waals surface area contributed by atoms with Crippen LogP contribution in [-0.4, -0.2) is 47.1 Å². The zero-order valence-electron chi connectivity index (χ0n) is 15.3. The third-order valence-electron chi connectivity index (χ3n) is 3.43. The van der Waals surface area contributed by atoms with Gasteiger partial charge in [0.2, 0.25) is 5.91 Å². The molecule has 0 aliphatic heterocycles. The molecule has 1 aromatic carbocycles. The summed E-state index contributed by atoms with van der Waals surface area (Å²) in [5.74, 6) is -1.39. The predicted octanol–water partition coefficient (Wildman–Crippen LogP) is 2.98. The summed E-state index contributed by atoms with van der Waals surface area (Å²) in [5.41, 5.74) is 5.05. The minimum atomic E-state index is -1.16. The molecule has 0 unspecified atom stereocenters. The quantitative estimate of drug-likeness (QED) is 0.707. The molecule has 0 radical (unpaired) electrons. The van der Waals surface area contributed by atoms with Gasteiger partial charge in [-0.25, -0.2) is 4.79 Å². The highest BCUT2D eigenvalue weighted by Gasteiger charge is 2.10. The van der Waals surface area contributed by atoms with E-state index >= 15 is 0 Å². The molecule has 7 nitrogen and oxygen atoms in total. The standard InChI is InChI=1S/C13H8Cl3NO3.C5H12N2O/c14-9-2-1-7(3-10(9)15)5-17-6-8(13(19)20)4-11(16)12(17)18;1-7(2)4-3-5(6)8/h1-4,6H,5H2,(H,19,20);3-4H2,1-2H3,(H2,6,8). The molecule has 152 valence electrons. The van der Waals surface area contributed by atoms with Crippen molar-refractivity contribution < 1.29 is 14.7 Å². The lowest BCUT2D eigenvalue weighted by molar-refractivity contribution is -0.118. The van der Waals surface area contributed by atoms with Crippen LogP contribution in [0.15, 0.2) is 35.3 Å². The fourth-order valence-electron chi connectivity index (χ4n) is 2.00. The van der Waals surface area contributed by atoms with Crippen molar-refractivity contribution in [3.63, 3.8) is 0 Å². The molecule has 0 bridgehead atoms. The Bertz CT molecular complexity index is 913. The summed E-state index contributed by atoms with van der Waals surface area (Å²) in [6.45, 7) is 0.895. The van der Waals surface area contributed by atoms with Gasteiger partial charge in [0.05, 0.1) is 22.2 Å². The van der Waals surface area contributed by atoms with Crippen LogP contribution in [0, 0.1) is 0 Å².